The number of nitrogens with zero attached hydrogens (tertiary/aromatic N) is 1. The molecule has 0 saturated carbocycles. The van der Waals surface area contributed by atoms with Crippen LogP contribution in [-0.2, 0) is 16.0 Å². The van der Waals surface area contributed by atoms with E-state index in [1.54, 1.807) is 23.6 Å². The summed E-state index contributed by atoms with van der Waals surface area (Å²) in [7, 11) is 0. The van der Waals surface area contributed by atoms with Crippen molar-refractivity contribution < 1.29 is 23.9 Å². The van der Waals surface area contributed by atoms with E-state index >= 15 is 0 Å². The van der Waals surface area contributed by atoms with Crippen molar-refractivity contribution >= 4 is 34.6 Å². The van der Waals surface area contributed by atoms with E-state index in [-0.39, 0.29) is 10.7 Å². The van der Waals surface area contributed by atoms with Crippen molar-refractivity contribution in [3.63, 3.8) is 0 Å². The summed E-state index contributed by atoms with van der Waals surface area (Å²) in [6.45, 7) is 2.37. The molecular formula is C23H22ClNO6S. The Bertz CT molecular complexity index is 1060. The van der Waals surface area contributed by atoms with Crippen LogP contribution in [0, 0.1) is 10.1 Å². The maximum atomic E-state index is 12.6. The summed E-state index contributed by atoms with van der Waals surface area (Å²) in [5.41, 5.74) is -0.115. The first-order chi connectivity index (χ1) is 15.5. The first kappa shape index (κ1) is 23.6. The third-order valence-electron chi connectivity index (χ3n) is 4.40. The molecule has 0 aliphatic heterocycles. The molecule has 0 spiro atoms. The van der Waals surface area contributed by atoms with Crippen molar-refractivity contribution in [3.05, 3.63) is 80.0 Å². The summed E-state index contributed by atoms with van der Waals surface area (Å²) in [5.74, 6) is 0.975. The normalized spacial score (nSPS) is 11.6. The van der Waals surface area contributed by atoms with Crippen molar-refractivity contribution in [2.45, 2.75) is 32.3 Å². The van der Waals surface area contributed by atoms with Gasteiger partial charge in [-0.05, 0) is 30.7 Å². The number of hydrogen-bond acceptors (Lipinski definition) is 7. The van der Waals surface area contributed by atoms with Crippen LogP contribution in [0.4, 0.5) is 5.69 Å². The monoisotopic (exact) mass is 475 g/mol. The van der Waals surface area contributed by atoms with Crippen LogP contribution in [0.15, 0.2) is 60.0 Å². The van der Waals surface area contributed by atoms with E-state index in [0.29, 0.717) is 30.3 Å². The number of nitro benzene ring substituents is 1. The molecule has 0 saturated heterocycles. The van der Waals surface area contributed by atoms with Gasteiger partial charge in [-0.2, -0.15) is 0 Å². The van der Waals surface area contributed by atoms with Crippen LogP contribution in [0.3, 0.4) is 0 Å². The largest absolute Gasteiger partial charge is 0.478 e. The van der Waals surface area contributed by atoms with Crippen molar-refractivity contribution in [2.24, 2.45) is 0 Å². The number of non-ortho nitro benzene ring substituents is 1. The number of para-hydroxylation sites is 1. The third-order valence-corrected chi connectivity index (χ3v) is 5.63. The number of carbonyl (C=O) groups excluding carboxylic acids is 1. The molecule has 9 heteroatoms. The first-order valence-corrected chi connectivity index (χ1v) is 11.3. The van der Waals surface area contributed by atoms with Crippen LogP contribution in [0.5, 0.6) is 17.2 Å². The highest BCUT2D eigenvalue weighted by Crippen LogP contribution is 2.34. The van der Waals surface area contributed by atoms with Gasteiger partial charge >= 0.3 is 5.97 Å². The Labute approximate surface area is 194 Å². The van der Waals surface area contributed by atoms with Gasteiger partial charge < -0.3 is 14.2 Å². The molecule has 0 fully saturated rings. The predicted octanol–water partition coefficient (Wildman–Crippen LogP) is 6.44. The summed E-state index contributed by atoms with van der Waals surface area (Å²) in [6, 6.07) is 14.9. The molecule has 7 nitrogen and oxygen atoms in total. The van der Waals surface area contributed by atoms with Crippen LogP contribution in [0.25, 0.3) is 0 Å². The van der Waals surface area contributed by atoms with Crippen molar-refractivity contribution in [3.8, 4) is 17.2 Å². The molecule has 0 aliphatic rings. The quantitative estimate of drug-likeness (QED) is 0.137. The smallest absolute Gasteiger partial charge is 0.347 e. The van der Waals surface area contributed by atoms with Crippen molar-refractivity contribution in [2.75, 3.05) is 6.61 Å². The third kappa shape index (κ3) is 6.70. The van der Waals surface area contributed by atoms with Gasteiger partial charge in [0.1, 0.15) is 17.2 Å². The average Bonchev–Trinajstić information content (AvgIpc) is 3.22. The minimum absolute atomic E-state index is 0.115. The Hall–Kier alpha value is -3.10. The van der Waals surface area contributed by atoms with Crippen LogP contribution in [0.1, 0.15) is 24.6 Å². The van der Waals surface area contributed by atoms with Gasteiger partial charge in [0, 0.05) is 28.8 Å². The van der Waals surface area contributed by atoms with Crippen LogP contribution >= 0.6 is 22.9 Å². The zero-order chi connectivity index (χ0) is 22.9. The Kier molecular flexibility index (Phi) is 8.47. The van der Waals surface area contributed by atoms with Gasteiger partial charge in [-0.15, -0.1) is 11.3 Å². The summed E-state index contributed by atoms with van der Waals surface area (Å²) in [6.07, 6.45) is 1.22. The number of rotatable bonds is 11. The molecule has 0 radical (unpaired) electrons. The highest BCUT2D eigenvalue weighted by atomic mass is 35.5. The molecule has 1 heterocycles. The maximum Gasteiger partial charge on any atom is 0.347 e. The van der Waals surface area contributed by atoms with Gasteiger partial charge in [-0.25, -0.2) is 4.79 Å². The molecule has 0 N–H and O–H groups in total. The van der Waals surface area contributed by atoms with Gasteiger partial charge in [0.15, 0.2) is 0 Å². The molecular weight excluding hydrogens is 454 g/mol. The Balaban J connectivity index is 1.70. The number of ether oxygens (including phenoxy) is 3. The van der Waals surface area contributed by atoms with Gasteiger partial charge in [-0.1, -0.05) is 43.1 Å². The highest BCUT2D eigenvalue weighted by Gasteiger charge is 2.24. The van der Waals surface area contributed by atoms with Crippen LogP contribution in [-0.4, -0.2) is 23.6 Å². The molecule has 0 aliphatic carbocycles. The van der Waals surface area contributed by atoms with E-state index in [4.69, 9.17) is 25.8 Å². The maximum absolute atomic E-state index is 12.6. The van der Waals surface area contributed by atoms with Gasteiger partial charge in [0.25, 0.3) is 5.69 Å². The number of nitro groups is 1. The molecule has 0 bridgehead atoms. The fourth-order valence-corrected chi connectivity index (χ4v) is 3.79. The average molecular weight is 476 g/mol. The second kappa shape index (κ2) is 11.5. The van der Waals surface area contributed by atoms with Crippen molar-refractivity contribution in [1.29, 1.82) is 0 Å². The van der Waals surface area contributed by atoms with Crippen molar-refractivity contribution in [1.82, 2.24) is 0 Å². The number of unbranched alkanes of at least 4 members (excludes halogenated alkanes) is 1. The molecule has 3 aromatic rings. The number of esters is 1. The fourth-order valence-electron chi connectivity index (χ4n) is 2.76. The molecule has 3 rings (SSSR count). The lowest BCUT2D eigenvalue weighted by molar-refractivity contribution is -0.384. The number of halogens is 1. The fraction of sp³-hybridized carbons (Fsp3) is 0.261. The summed E-state index contributed by atoms with van der Waals surface area (Å²) < 4.78 is 17.0. The van der Waals surface area contributed by atoms with Crippen LogP contribution < -0.4 is 9.47 Å². The van der Waals surface area contributed by atoms with Gasteiger partial charge in [0.2, 0.25) is 6.10 Å². The second-order valence-electron chi connectivity index (χ2n) is 6.87. The van der Waals surface area contributed by atoms with E-state index in [1.807, 2.05) is 25.1 Å². The Morgan fingerprint density at radius 2 is 1.94 bits per heavy atom. The van der Waals surface area contributed by atoms with E-state index < -0.39 is 17.0 Å². The molecule has 1 unspecified atom stereocenters. The predicted molar refractivity (Wildman–Crippen MR) is 123 cm³/mol. The van der Waals surface area contributed by atoms with E-state index in [0.717, 1.165) is 17.7 Å². The minimum Gasteiger partial charge on any atom is -0.478 e. The molecule has 32 heavy (non-hydrogen) atoms. The first-order valence-electron chi connectivity index (χ1n) is 10.0. The van der Waals surface area contributed by atoms with Gasteiger partial charge in [0.05, 0.1) is 16.6 Å². The zero-order valence-electron chi connectivity index (χ0n) is 17.4. The van der Waals surface area contributed by atoms with Crippen LogP contribution in [0.2, 0.25) is 5.02 Å². The number of carbonyl (C=O) groups is 1. The Morgan fingerprint density at radius 3 is 2.62 bits per heavy atom. The lowest BCUT2D eigenvalue weighted by Gasteiger charge is -2.17. The van der Waals surface area contributed by atoms with E-state index in [9.17, 15) is 14.9 Å². The summed E-state index contributed by atoms with van der Waals surface area (Å²) >= 11 is 7.50. The number of hydrogen-bond donors (Lipinski definition) is 0. The van der Waals surface area contributed by atoms with E-state index in [2.05, 4.69) is 0 Å². The lowest BCUT2D eigenvalue weighted by atomic mass is 10.2. The zero-order valence-corrected chi connectivity index (χ0v) is 18.9. The molecule has 1 atom stereocenters. The summed E-state index contributed by atoms with van der Waals surface area (Å²) in [4.78, 5) is 23.8. The number of benzene rings is 2. The summed E-state index contributed by atoms with van der Waals surface area (Å²) in [5, 5.41) is 12.8. The second-order valence-corrected chi connectivity index (χ2v) is 8.27. The number of thiophene rings is 1. The SMILES string of the molecule is CCCCOC(=O)C(Cc1cc(Oc2ccc([N+](=O)[O-])cc2Cl)cs1)Oc1ccccc1. The molecule has 0 amide bonds. The lowest BCUT2D eigenvalue weighted by Crippen LogP contribution is -2.31. The standard InChI is InChI=1S/C23H22ClNO6S/c1-2-3-11-29-23(26)22(30-17-7-5-4-6-8-17)14-19-13-18(15-32-19)31-21-10-9-16(25(27)28)12-20(21)24/h4-10,12-13,15,22H,2-3,11,14H2,1H3. The Morgan fingerprint density at radius 1 is 1.16 bits per heavy atom. The molecule has 2 aromatic carbocycles. The minimum atomic E-state index is -0.802. The van der Waals surface area contributed by atoms with E-state index in [1.165, 1.54) is 29.5 Å². The molecule has 168 valence electrons. The topological polar surface area (TPSA) is 87.9 Å². The van der Waals surface area contributed by atoms with Gasteiger partial charge in [-0.3, -0.25) is 10.1 Å². The molecule has 1 aromatic heterocycles. The highest BCUT2D eigenvalue weighted by molar-refractivity contribution is 7.10.